The zero-order valence-corrected chi connectivity index (χ0v) is 19.6. The number of hydrogen-bond donors (Lipinski definition) is 0. The van der Waals surface area contributed by atoms with Crippen LogP contribution in [0.25, 0.3) is 32.0 Å². The highest BCUT2D eigenvalue weighted by molar-refractivity contribution is 7.22. The van der Waals surface area contributed by atoms with Crippen LogP contribution in [0.4, 0.5) is 10.9 Å². The van der Waals surface area contributed by atoms with E-state index < -0.39 is 0 Å². The molecule has 1 aliphatic heterocycles. The van der Waals surface area contributed by atoms with Crippen molar-refractivity contribution in [3.05, 3.63) is 72.5 Å². The largest absolute Gasteiger partial charge is 0.354 e. The number of pyridine rings is 1. The summed E-state index contributed by atoms with van der Waals surface area (Å²) in [5.41, 5.74) is 2.15. The van der Waals surface area contributed by atoms with Crippen molar-refractivity contribution >= 4 is 43.8 Å². The van der Waals surface area contributed by atoms with E-state index in [1.807, 2.05) is 36.0 Å². The lowest BCUT2D eigenvalue weighted by Crippen LogP contribution is -2.31. The van der Waals surface area contributed by atoms with E-state index in [0.717, 1.165) is 65.2 Å². The Balaban J connectivity index is 1.43. The highest BCUT2D eigenvalue weighted by atomic mass is 32.1. The van der Waals surface area contributed by atoms with E-state index in [0.29, 0.717) is 0 Å². The zero-order valence-electron chi connectivity index (χ0n) is 18.0. The molecule has 1 fully saturated rings. The van der Waals surface area contributed by atoms with E-state index in [2.05, 4.69) is 50.1 Å². The van der Waals surface area contributed by atoms with Gasteiger partial charge in [-0.05, 0) is 30.2 Å². The van der Waals surface area contributed by atoms with Gasteiger partial charge in [-0.2, -0.15) is 0 Å². The standard InChI is InChI=1S/C25H22N6S2/c1-2-6-18(7-3-1)21-16-20-23(28-22(29-24(20)33-21)19-8-4-9-26-17-19)30-11-5-12-31(14-13-30)25-27-10-15-32-25/h1-4,6-10,15-17H,5,11-14H2. The van der Waals surface area contributed by atoms with Gasteiger partial charge in [0.05, 0.1) is 5.39 Å². The van der Waals surface area contributed by atoms with Crippen LogP contribution in [0.1, 0.15) is 6.42 Å². The van der Waals surface area contributed by atoms with E-state index in [1.54, 1.807) is 28.9 Å². The molecule has 164 valence electrons. The fraction of sp³-hybridized carbons (Fsp3) is 0.200. The van der Waals surface area contributed by atoms with Crippen molar-refractivity contribution in [2.75, 3.05) is 36.0 Å². The average Bonchev–Trinajstić information content (AvgIpc) is 3.50. The first-order valence-electron chi connectivity index (χ1n) is 11.0. The van der Waals surface area contributed by atoms with Crippen molar-refractivity contribution in [3.8, 4) is 21.8 Å². The molecule has 0 amide bonds. The second kappa shape index (κ2) is 8.88. The number of hydrogen-bond acceptors (Lipinski definition) is 8. The van der Waals surface area contributed by atoms with E-state index in [-0.39, 0.29) is 0 Å². The van der Waals surface area contributed by atoms with Gasteiger partial charge in [0.1, 0.15) is 10.6 Å². The fourth-order valence-electron chi connectivity index (χ4n) is 4.21. The second-order valence-electron chi connectivity index (χ2n) is 7.95. The Morgan fingerprint density at radius 3 is 2.48 bits per heavy atom. The van der Waals surface area contributed by atoms with Gasteiger partial charge in [0.2, 0.25) is 0 Å². The summed E-state index contributed by atoms with van der Waals surface area (Å²) in [6, 6.07) is 16.7. The Morgan fingerprint density at radius 2 is 1.67 bits per heavy atom. The molecule has 0 saturated carbocycles. The van der Waals surface area contributed by atoms with E-state index >= 15 is 0 Å². The normalized spacial score (nSPS) is 14.5. The molecular formula is C25H22N6S2. The molecular weight excluding hydrogens is 448 g/mol. The van der Waals surface area contributed by atoms with Crippen molar-refractivity contribution in [1.29, 1.82) is 0 Å². The first-order chi connectivity index (χ1) is 16.3. The molecule has 0 unspecified atom stereocenters. The highest BCUT2D eigenvalue weighted by Gasteiger charge is 2.22. The molecule has 6 rings (SSSR count). The first kappa shape index (κ1) is 20.3. The molecule has 4 aromatic heterocycles. The second-order valence-corrected chi connectivity index (χ2v) is 9.85. The number of rotatable bonds is 4. The highest BCUT2D eigenvalue weighted by Crippen LogP contribution is 2.38. The van der Waals surface area contributed by atoms with E-state index in [4.69, 9.17) is 9.97 Å². The Labute approximate surface area is 200 Å². The van der Waals surface area contributed by atoms with Crippen molar-refractivity contribution in [2.45, 2.75) is 6.42 Å². The Kier molecular flexibility index (Phi) is 5.45. The minimum atomic E-state index is 0.730. The van der Waals surface area contributed by atoms with Crippen molar-refractivity contribution in [3.63, 3.8) is 0 Å². The van der Waals surface area contributed by atoms with Gasteiger partial charge < -0.3 is 9.80 Å². The van der Waals surface area contributed by atoms with Crippen LogP contribution >= 0.6 is 22.7 Å². The predicted octanol–water partition coefficient (Wildman–Crippen LogP) is 5.59. The van der Waals surface area contributed by atoms with Crippen LogP contribution in [0.3, 0.4) is 0 Å². The predicted molar refractivity (Wildman–Crippen MR) is 137 cm³/mol. The monoisotopic (exact) mass is 470 g/mol. The molecule has 0 aliphatic carbocycles. The van der Waals surface area contributed by atoms with Crippen LogP contribution in [-0.2, 0) is 0 Å². The molecule has 5 aromatic rings. The SMILES string of the molecule is c1ccc(-c2cc3c(N4CCCN(c5nccs5)CC4)nc(-c4cccnc4)nc3s2)cc1. The number of anilines is 2. The summed E-state index contributed by atoms with van der Waals surface area (Å²) in [4.78, 5) is 25.9. The summed E-state index contributed by atoms with van der Waals surface area (Å²) < 4.78 is 0. The molecule has 0 N–H and O–H groups in total. The Hall–Kier alpha value is -3.36. The van der Waals surface area contributed by atoms with Gasteiger partial charge in [0.25, 0.3) is 0 Å². The van der Waals surface area contributed by atoms with E-state index in [9.17, 15) is 0 Å². The maximum atomic E-state index is 5.08. The third-order valence-electron chi connectivity index (χ3n) is 5.84. The molecule has 0 bridgehead atoms. The van der Waals surface area contributed by atoms with Gasteiger partial charge in [0.15, 0.2) is 11.0 Å². The number of thiazole rings is 1. The smallest absolute Gasteiger partial charge is 0.185 e. The third kappa shape index (κ3) is 4.07. The molecule has 6 nitrogen and oxygen atoms in total. The summed E-state index contributed by atoms with van der Waals surface area (Å²) in [7, 11) is 0. The first-order valence-corrected chi connectivity index (χ1v) is 12.7. The van der Waals surface area contributed by atoms with Crippen molar-refractivity contribution in [1.82, 2.24) is 19.9 Å². The molecule has 33 heavy (non-hydrogen) atoms. The molecule has 1 aliphatic rings. The lowest BCUT2D eigenvalue weighted by Gasteiger charge is -2.23. The maximum absolute atomic E-state index is 5.08. The zero-order chi connectivity index (χ0) is 22.0. The number of fused-ring (bicyclic) bond motifs is 1. The van der Waals surface area contributed by atoms with Crippen LogP contribution in [0.5, 0.6) is 0 Å². The number of aromatic nitrogens is 4. The van der Waals surface area contributed by atoms with Crippen LogP contribution in [0.2, 0.25) is 0 Å². The van der Waals surface area contributed by atoms with Gasteiger partial charge in [-0.15, -0.1) is 22.7 Å². The Morgan fingerprint density at radius 1 is 0.818 bits per heavy atom. The number of thiophene rings is 1. The summed E-state index contributed by atoms with van der Waals surface area (Å²) >= 11 is 3.43. The Bertz CT molecular complexity index is 1350. The molecule has 5 heterocycles. The topological polar surface area (TPSA) is 58.0 Å². The summed E-state index contributed by atoms with van der Waals surface area (Å²) in [6.07, 6.45) is 6.56. The van der Waals surface area contributed by atoms with Crippen molar-refractivity contribution < 1.29 is 0 Å². The van der Waals surface area contributed by atoms with Gasteiger partial charge in [-0.3, -0.25) is 4.98 Å². The lowest BCUT2D eigenvalue weighted by molar-refractivity contribution is 0.799. The third-order valence-corrected chi connectivity index (χ3v) is 7.75. The lowest BCUT2D eigenvalue weighted by atomic mass is 10.2. The minimum absolute atomic E-state index is 0.730. The molecule has 0 atom stereocenters. The maximum Gasteiger partial charge on any atom is 0.185 e. The quantitative estimate of drug-likeness (QED) is 0.341. The van der Waals surface area contributed by atoms with Gasteiger partial charge >= 0.3 is 0 Å². The molecule has 1 aromatic carbocycles. The number of nitrogens with zero attached hydrogens (tertiary/aromatic N) is 6. The minimum Gasteiger partial charge on any atom is -0.354 e. The molecule has 1 saturated heterocycles. The molecule has 8 heteroatoms. The average molecular weight is 471 g/mol. The number of benzene rings is 1. The van der Waals surface area contributed by atoms with Gasteiger partial charge in [0, 0.05) is 60.6 Å². The fourth-order valence-corrected chi connectivity index (χ4v) is 5.94. The van der Waals surface area contributed by atoms with Crippen LogP contribution < -0.4 is 9.80 Å². The van der Waals surface area contributed by atoms with E-state index in [1.165, 1.54) is 10.4 Å². The van der Waals surface area contributed by atoms with Gasteiger partial charge in [-0.1, -0.05) is 30.3 Å². The van der Waals surface area contributed by atoms with Crippen LogP contribution in [0.15, 0.2) is 72.5 Å². The van der Waals surface area contributed by atoms with Crippen LogP contribution in [0, 0.1) is 0 Å². The van der Waals surface area contributed by atoms with Gasteiger partial charge in [-0.25, -0.2) is 15.0 Å². The summed E-state index contributed by atoms with van der Waals surface area (Å²) in [6.45, 7) is 3.79. The molecule has 0 spiro atoms. The van der Waals surface area contributed by atoms with Crippen molar-refractivity contribution in [2.24, 2.45) is 0 Å². The summed E-state index contributed by atoms with van der Waals surface area (Å²) in [5, 5.41) is 4.26. The van der Waals surface area contributed by atoms with Crippen LogP contribution in [-0.4, -0.2) is 46.1 Å². The molecule has 0 radical (unpaired) electrons. The summed E-state index contributed by atoms with van der Waals surface area (Å²) in [5.74, 6) is 1.74.